The van der Waals surface area contributed by atoms with Crippen LogP contribution in [-0.4, -0.2) is 47.3 Å². The molecule has 0 amide bonds. The topological polar surface area (TPSA) is 48.5 Å². The number of aromatic amines is 1. The first-order chi connectivity index (χ1) is 15.0. The number of nitrogens with one attached hydrogen (secondary N) is 1. The minimum absolute atomic E-state index is 0.334. The molecule has 6 rings (SSSR count). The Morgan fingerprint density at radius 3 is 2.87 bits per heavy atom. The second-order valence-corrected chi connectivity index (χ2v) is 10.3. The molecule has 3 aromatic rings. The Bertz CT molecular complexity index is 1150. The van der Waals surface area contributed by atoms with Gasteiger partial charge < -0.3 is 19.7 Å². The van der Waals surface area contributed by atoms with Crippen LogP contribution in [0.15, 0.2) is 42.5 Å². The molecular weight excluding hydrogens is 408 g/mol. The Hall–Kier alpha value is -2.01. The van der Waals surface area contributed by atoms with E-state index in [0.29, 0.717) is 6.42 Å². The predicted octanol–water partition coefficient (Wildman–Crippen LogP) is 4.71. The van der Waals surface area contributed by atoms with E-state index in [1.807, 2.05) is 18.2 Å². The van der Waals surface area contributed by atoms with Crippen LogP contribution < -0.4 is 4.74 Å². The predicted molar refractivity (Wildman–Crippen MR) is 124 cm³/mol. The Morgan fingerprint density at radius 2 is 2.06 bits per heavy atom. The van der Waals surface area contributed by atoms with Gasteiger partial charge in [-0.15, -0.1) is 0 Å². The van der Waals surface area contributed by atoms with Crippen molar-refractivity contribution in [2.75, 3.05) is 26.7 Å². The summed E-state index contributed by atoms with van der Waals surface area (Å²) in [7, 11) is 1.71. The van der Waals surface area contributed by atoms with E-state index in [0.717, 1.165) is 54.7 Å². The normalized spacial score (nSPS) is 28.4. The van der Waals surface area contributed by atoms with E-state index >= 15 is 0 Å². The van der Waals surface area contributed by atoms with Crippen molar-refractivity contribution in [1.82, 2.24) is 9.88 Å². The number of halogens is 1. The fourth-order valence-electron chi connectivity index (χ4n) is 6.15. The van der Waals surface area contributed by atoms with Crippen LogP contribution in [0.1, 0.15) is 36.1 Å². The summed E-state index contributed by atoms with van der Waals surface area (Å²) in [5.41, 5.74) is 3.58. The average molecular weight is 437 g/mol. The van der Waals surface area contributed by atoms with Gasteiger partial charge >= 0.3 is 0 Å². The number of piperidine rings is 1. The number of aromatic nitrogens is 1. The maximum atomic E-state index is 12.4. The number of H-pyrrole nitrogens is 1. The lowest BCUT2D eigenvalue weighted by Crippen LogP contribution is -2.66. The van der Waals surface area contributed by atoms with Crippen molar-refractivity contribution in [1.29, 1.82) is 0 Å². The van der Waals surface area contributed by atoms with E-state index in [1.54, 1.807) is 7.11 Å². The van der Waals surface area contributed by atoms with Crippen LogP contribution in [0.3, 0.4) is 0 Å². The van der Waals surface area contributed by atoms with Gasteiger partial charge in [0.05, 0.1) is 12.7 Å². The number of rotatable bonds is 4. The smallest absolute Gasteiger partial charge is 0.119 e. The molecule has 31 heavy (non-hydrogen) atoms. The summed E-state index contributed by atoms with van der Waals surface area (Å²) in [6, 6.07) is 14.4. The van der Waals surface area contributed by atoms with Gasteiger partial charge in [0, 0.05) is 53.0 Å². The lowest BCUT2D eigenvalue weighted by Gasteiger charge is -2.56. The molecule has 1 saturated carbocycles. The first-order valence-corrected chi connectivity index (χ1v) is 11.8. The first-order valence-electron chi connectivity index (χ1n) is 11.4. The van der Waals surface area contributed by atoms with Crippen molar-refractivity contribution in [2.24, 2.45) is 5.92 Å². The highest BCUT2D eigenvalue weighted by Crippen LogP contribution is 2.52. The van der Waals surface area contributed by atoms with Crippen molar-refractivity contribution >= 4 is 22.5 Å². The van der Waals surface area contributed by atoms with Gasteiger partial charge in [-0.05, 0) is 67.1 Å². The number of methoxy groups -OCH3 is 1. The maximum absolute atomic E-state index is 12.4. The van der Waals surface area contributed by atoms with Gasteiger partial charge in [0.15, 0.2) is 0 Å². The van der Waals surface area contributed by atoms with E-state index in [4.69, 9.17) is 16.3 Å². The second kappa shape index (κ2) is 6.99. The Kier molecular flexibility index (Phi) is 4.44. The molecule has 0 radical (unpaired) electrons. The van der Waals surface area contributed by atoms with Crippen LogP contribution in [0.25, 0.3) is 10.9 Å². The molecule has 162 valence electrons. The maximum Gasteiger partial charge on any atom is 0.119 e. The molecule has 0 spiro atoms. The van der Waals surface area contributed by atoms with Gasteiger partial charge in [0.1, 0.15) is 5.75 Å². The molecule has 1 saturated heterocycles. The molecule has 2 atom stereocenters. The molecule has 2 N–H and O–H groups in total. The molecule has 3 aliphatic rings. The lowest BCUT2D eigenvalue weighted by molar-refractivity contribution is -0.103. The van der Waals surface area contributed by atoms with Gasteiger partial charge in [-0.3, -0.25) is 0 Å². The van der Waals surface area contributed by atoms with Gasteiger partial charge in [-0.1, -0.05) is 29.8 Å². The molecule has 2 aliphatic carbocycles. The Morgan fingerprint density at radius 1 is 1.19 bits per heavy atom. The highest BCUT2D eigenvalue weighted by atomic mass is 35.5. The van der Waals surface area contributed by atoms with Gasteiger partial charge in [0.2, 0.25) is 0 Å². The molecule has 1 aromatic heterocycles. The second-order valence-electron chi connectivity index (χ2n) is 9.90. The molecule has 2 aromatic carbocycles. The van der Waals surface area contributed by atoms with Crippen LogP contribution in [0, 0.1) is 5.92 Å². The van der Waals surface area contributed by atoms with Crippen LogP contribution in [0.4, 0.5) is 0 Å². The largest absolute Gasteiger partial charge is 0.497 e. The standard InChI is InChI=1S/C26H29ClN2O2/c1-31-20-4-2-3-18(11-20)25-9-10-29(15-17-5-6-17)16-26(25,30)13-22-21-8-7-19(27)12-23(21)28-24(22)14-25/h2-4,7-8,11-12,17,28,30H,5-6,9-10,13-16H2,1H3. The number of β-amino-alcohol motifs (C(OH)–C–C–N with tert-alkyl or cyclic N) is 1. The van der Waals surface area contributed by atoms with Gasteiger partial charge in [-0.2, -0.15) is 0 Å². The Balaban J connectivity index is 1.49. The summed E-state index contributed by atoms with van der Waals surface area (Å²) in [6.45, 7) is 2.87. The summed E-state index contributed by atoms with van der Waals surface area (Å²) in [5.74, 6) is 1.67. The third-order valence-corrected chi connectivity index (χ3v) is 8.21. The Labute approximate surface area is 188 Å². The quantitative estimate of drug-likeness (QED) is 0.622. The number of hydrogen-bond acceptors (Lipinski definition) is 3. The molecular formula is C26H29ClN2O2. The van der Waals surface area contributed by atoms with Crippen molar-refractivity contribution in [3.63, 3.8) is 0 Å². The summed E-state index contributed by atoms with van der Waals surface area (Å²) < 4.78 is 5.55. The number of aliphatic hydroxyl groups is 1. The zero-order valence-corrected chi connectivity index (χ0v) is 18.7. The molecule has 2 fully saturated rings. The molecule has 5 heteroatoms. The molecule has 4 nitrogen and oxygen atoms in total. The fourth-order valence-corrected chi connectivity index (χ4v) is 6.32. The van der Waals surface area contributed by atoms with Crippen molar-refractivity contribution in [3.05, 3.63) is 64.3 Å². The summed E-state index contributed by atoms with van der Waals surface area (Å²) in [4.78, 5) is 6.15. The van der Waals surface area contributed by atoms with Crippen molar-refractivity contribution in [3.8, 4) is 5.75 Å². The van der Waals surface area contributed by atoms with Crippen LogP contribution in [0.2, 0.25) is 5.02 Å². The third-order valence-electron chi connectivity index (χ3n) is 7.97. The summed E-state index contributed by atoms with van der Waals surface area (Å²) in [5, 5.41) is 14.3. The zero-order valence-electron chi connectivity index (χ0n) is 18.0. The molecule has 2 unspecified atom stereocenters. The van der Waals surface area contributed by atoms with Crippen molar-refractivity contribution < 1.29 is 9.84 Å². The lowest BCUT2D eigenvalue weighted by atomic mass is 9.56. The molecule has 1 aliphatic heterocycles. The SMILES string of the molecule is COc1cccc(C23CCN(CC4CC4)CC2(O)Cc2c([nH]c4cc(Cl)ccc24)C3)c1. The van der Waals surface area contributed by atoms with E-state index in [-0.39, 0.29) is 5.41 Å². The van der Waals surface area contributed by atoms with Crippen LogP contribution in [0.5, 0.6) is 5.75 Å². The van der Waals surface area contributed by atoms with E-state index in [1.165, 1.54) is 35.0 Å². The van der Waals surface area contributed by atoms with E-state index in [9.17, 15) is 5.11 Å². The third kappa shape index (κ3) is 3.11. The number of hydrogen-bond donors (Lipinski definition) is 2. The molecule has 2 heterocycles. The first kappa shape index (κ1) is 19.7. The number of ether oxygens (including phenoxy) is 1. The number of benzene rings is 2. The zero-order chi connectivity index (χ0) is 21.2. The van der Waals surface area contributed by atoms with Crippen molar-refractivity contribution in [2.45, 2.75) is 43.1 Å². The summed E-state index contributed by atoms with van der Waals surface area (Å²) in [6.07, 6.45) is 5.07. The van der Waals surface area contributed by atoms with Gasteiger partial charge in [-0.25, -0.2) is 0 Å². The fraction of sp³-hybridized carbons (Fsp3) is 0.462. The molecule has 0 bridgehead atoms. The highest BCUT2D eigenvalue weighted by molar-refractivity contribution is 6.31. The van der Waals surface area contributed by atoms with E-state index in [2.05, 4.69) is 34.1 Å². The van der Waals surface area contributed by atoms with Crippen LogP contribution in [-0.2, 0) is 18.3 Å². The number of likely N-dealkylation sites (tertiary alicyclic amines) is 1. The van der Waals surface area contributed by atoms with Crippen LogP contribution >= 0.6 is 11.6 Å². The highest BCUT2D eigenvalue weighted by Gasteiger charge is 2.57. The summed E-state index contributed by atoms with van der Waals surface area (Å²) >= 11 is 6.27. The number of fused-ring (bicyclic) bond motifs is 4. The van der Waals surface area contributed by atoms with E-state index < -0.39 is 5.60 Å². The van der Waals surface area contributed by atoms with Gasteiger partial charge in [0.25, 0.3) is 0 Å². The minimum Gasteiger partial charge on any atom is -0.497 e. The monoisotopic (exact) mass is 436 g/mol. The average Bonchev–Trinajstić information content (AvgIpc) is 3.51. The minimum atomic E-state index is -0.825. The number of nitrogens with zero attached hydrogens (tertiary/aromatic N) is 1.